The molecule has 1 aromatic carbocycles. The van der Waals surface area contributed by atoms with Crippen molar-refractivity contribution in [2.24, 2.45) is 5.41 Å². The van der Waals surface area contributed by atoms with E-state index in [-0.39, 0.29) is 23.8 Å². The Bertz CT molecular complexity index is 390. The van der Waals surface area contributed by atoms with Crippen LogP contribution in [0.5, 0.6) is 0 Å². The molecule has 1 atom stereocenters. The Labute approximate surface area is 122 Å². The Morgan fingerprint density at radius 3 is 2.25 bits per heavy atom. The van der Waals surface area contributed by atoms with Gasteiger partial charge in [0.25, 0.3) is 0 Å². The molecule has 0 aliphatic heterocycles. The van der Waals surface area contributed by atoms with Crippen LogP contribution in [0.2, 0.25) is 0 Å². The third-order valence-electron chi connectivity index (χ3n) is 4.40. The van der Waals surface area contributed by atoms with Crippen molar-refractivity contribution in [3.05, 3.63) is 35.9 Å². The molecule has 1 rings (SSSR count). The highest BCUT2D eigenvalue weighted by Crippen LogP contribution is 2.25. The van der Waals surface area contributed by atoms with Crippen LogP contribution in [0.1, 0.15) is 51.5 Å². The smallest absolute Gasteiger partial charge is 0.227 e. The Morgan fingerprint density at radius 1 is 1.20 bits per heavy atom. The second-order valence-electron chi connectivity index (χ2n) is 5.45. The second kappa shape index (κ2) is 8.05. The lowest BCUT2D eigenvalue weighted by molar-refractivity contribution is -0.123. The molecular formula is C17H27NO2. The molecule has 0 aliphatic rings. The van der Waals surface area contributed by atoms with Crippen LogP contribution >= 0.6 is 0 Å². The number of aliphatic hydroxyl groups is 1. The quantitative estimate of drug-likeness (QED) is 0.767. The van der Waals surface area contributed by atoms with Gasteiger partial charge >= 0.3 is 0 Å². The van der Waals surface area contributed by atoms with Crippen LogP contribution in [0, 0.1) is 5.41 Å². The minimum Gasteiger partial charge on any atom is -0.396 e. The molecule has 112 valence electrons. The molecule has 3 nitrogen and oxygen atoms in total. The molecule has 0 bridgehead atoms. The van der Waals surface area contributed by atoms with Crippen LogP contribution in [-0.4, -0.2) is 24.2 Å². The summed E-state index contributed by atoms with van der Waals surface area (Å²) in [4.78, 5) is 12.4. The lowest BCUT2D eigenvalue weighted by Gasteiger charge is -2.30. The Hall–Kier alpha value is -1.35. The van der Waals surface area contributed by atoms with Gasteiger partial charge in [-0.2, -0.15) is 0 Å². The van der Waals surface area contributed by atoms with Crippen LogP contribution in [0.15, 0.2) is 30.3 Å². The van der Waals surface area contributed by atoms with Crippen LogP contribution < -0.4 is 5.32 Å². The summed E-state index contributed by atoms with van der Waals surface area (Å²) in [5.41, 5.74) is 0.861. The van der Waals surface area contributed by atoms with Gasteiger partial charge in [0.1, 0.15) is 0 Å². The maximum atomic E-state index is 12.4. The fraction of sp³-hybridized carbons (Fsp3) is 0.588. The zero-order valence-electron chi connectivity index (χ0n) is 12.9. The summed E-state index contributed by atoms with van der Waals surface area (Å²) in [6.45, 7) is 6.79. The van der Waals surface area contributed by atoms with E-state index >= 15 is 0 Å². The van der Waals surface area contributed by atoms with E-state index in [4.69, 9.17) is 0 Å². The molecule has 0 radical (unpaired) electrons. The standard InChI is InChI=1S/C17H27NO2/c1-4-15(14-10-8-7-9-11-14)16(20)18-12-17(5-2,6-3)13-19/h7-11,15,19H,4-6,12-13H2,1-3H3,(H,18,20). The number of hydrogen-bond donors (Lipinski definition) is 2. The maximum absolute atomic E-state index is 12.4. The third kappa shape index (κ3) is 4.07. The third-order valence-corrected chi connectivity index (χ3v) is 4.40. The molecule has 1 unspecified atom stereocenters. The number of aliphatic hydroxyl groups excluding tert-OH is 1. The van der Waals surface area contributed by atoms with Crippen LogP contribution in [0.3, 0.4) is 0 Å². The van der Waals surface area contributed by atoms with Crippen molar-refractivity contribution in [3.63, 3.8) is 0 Å². The zero-order valence-corrected chi connectivity index (χ0v) is 12.9. The minimum absolute atomic E-state index is 0.0541. The summed E-state index contributed by atoms with van der Waals surface area (Å²) < 4.78 is 0. The van der Waals surface area contributed by atoms with Gasteiger partial charge in [0, 0.05) is 12.0 Å². The summed E-state index contributed by atoms with van der Waals surface area (Å²) in [7, 11) is 0. The maximum Gasteiger partial charge on any atom is 0.227 e. The van der Waals surface area contributed by atoms with Gasteiger partial charge < -0.3 is 10.4 Å². The van der Waals surface area contributed by atoms with Crippen molar-refractivity contribution >= 4 is 5.91 Å². The van der Waals surface area contributed by atoms with E-state index in [0.29, 0.717) is 6.54 Å². The molecule has 0 heterocycles. The van der Waals surface area contributed by atoms with Crippen molar-refractivity contribution in [2.45, 2.75) is 46.0 Å². The molecule has 0 aromatic heterocycles. The largest absolute Gasteiger partial charge is 0.396 e. The van der Waals surface area contributed by atoms with Gasteiger partial charge in [-0.25, -0.2) is 0 Å². The summed E-state index contributed by atoms with van der Waals surface area (Å²) in [5.74, 6) is -0.0558. The topological polar surface area (TPSA) is 49.3 Å². The predicted octanol–water partition coefficient (Wildman–Crippen LogP) is 3.10. The fourth-order valence-corrected chi connectivity index (χ4v) is 2.44. The second-order valence-corrected chi connectivity index (χ2v) is 5.45. The van der Waals surface area contributed by atoms with Crippen molar-refractivity contribution < 1.29 is 9.90 Å². The highest BCUT2D eigenvalue weighted by molar-refractivity contribution is 5.83. The molecule has 1 amide bonds. The monoisotopic (exact) mass is 277 g/mol. The first-order chi connectivity index (χ1) is 9.62. The summed E-state index contributed by atoms with van der Waals surface area (Å²) in [5, 5.41) is 12.6. The molecule has 3 heteroatoms. The first-order valence-electron chi connectivity index (χ1n) is 7.56. The number of amides is 1. The van der Waals surface area contributed by atoms with Gasteiger partial charge in [-0.05, 0) is 24.8 Å². The lowest BCUT2D eigenvalue weighted by atomic mass is 9.83. The van der Waals surface area contributed by atoms with E-state index in [1.807, 2.05) is 37.3 Å². The summed E-state index contributed by atoms with van der Waals surface area (Å²) in [6, 6.07) is 9.86. The van der Waals surface area contributed by atoms with Crippen molar-refractivity contribution in [1.29, 1.82) is 0 Å². The first-order valence-corrected chi connectivity index (χ1v) is 7.56. The van der Waals surface area contributed by atoms with Gasteiger partial charge in [0.05, 0.1) is 12.5 Å². The molecule has 0 spiro atoms. The minimum atomic E-state index is -0.190. The highest BCUT2D eigenvalue weighted by Gasteiger charge is 2.27. The fourth-order valence-electron chi connectivity index (χ4n) is 2.44. The molecule has 0 aliphatic carbocycles. The first kappa shape index (κ1) is 16.7. The van der Waals surface area contributed by atoms with E-state index in [0.717, 1.165) is 24.8 Å². The zero-order chi connectivity index (χ0) is 15.0. The van der Waals surface area contributed by atoms with Crippen molar-refractivity contribution in [1.82, 2.24) is 5.32 Å². The molecule has 0 saturated carbocycles. The van der Waals surface area contributed by atoms with E-state index in [9.17, 15) is 9.90 Å². The summed E-state index contributed by atoms with van der Waals surface area (Å²) in [6.07, 6.45) is 2.50. The number of rotatable bonds is 8. The van der Waals surface area contributed by atoms with E-state index in [1.54, 1.807) is 0 Å². The molecular weight excluding hydrogens is 250 g/mol. The normalized spacial score (nSPS) is 13.0. The lowest BCUT2D eigenvalue weighted by Crippen LogP contribution is -2.41. The van der Waals surface area contributed by atoms with Gasteiger partial charge in [-0.1, -0.05) is 51.1 Å². The number of hydrogen-bond acceptors (Lipinski definition) is 2. The Kier molecular flexibility index (Phi) is 6.73. The number of carbonyl (C=O) groups excluding carboxylic acids is 1. The average Bonchev–Trinajstić information content (AvgIpc) is 2.51. The Morgan fingerprint density at radius 2 is 1.80 bits per heavy atom. The SMILES string of the molecule is CCC(C(=O)NCC(CC)(CC)CO)c1ccccc1. The molecule has 1 aromatic rings. The van der Waals surface area contributed by atoms with Gasteiger partial charge in [-0.15, -0.1) is 0 Å². The number of benzene rings is 1. The molecule has 0 saturated heterocycles. The van der Waals surface area contributed by atoms with E-state index in [1.165, 1.54) is 0 Å². The number of carbonyl (C=O) groups is 1. The van der Waals surface area contributed by atoms with Gasteiger partial charge in [0.15, 0.2) is 0 Å². The van der Waals surface area contributed by atoms with Crippen molar-refractivity contribution in [2.75, 3.05) is 13.2 Å². The van der Waals surface area contributed by atoms with E-state index in [2.05, 4.69) is 19.2 Å². The Balaban J connectivity index is 2.69. The highest BCUT2D eigenvalue weighted by atomic mass is 16.3. The van der Waals surface area contributed by atoms with E-state index < -0.39 is 0 Å². The average molecular weight is 277 g/mol. The summed E-state index contributed by atoms with van der Waals surface area (Å²) >= 11 is 0. The number of nitrogens with one attached hydrogen (secondary N) is 1. The molecule has 2 N–H and O–H groups in total. The molecule has 20 heavy (non-hydrogen) atoms. The van der Waals surface area contributed by atoms with Gasteiger partial charge in [0.2, 0.25) is 5.91 Å². The van der Waals surface area contributed by atoms with Crippen LogP contribution in [-0.2, 0) is 4.79 Å². The molecule has 0 fully saturated rings. The van der Waals surface area contributed by atoms with Gasteiger partial charge in [-0.3, -0.25) is 4.79 Å². The van der Waals surface area contributed by atoms with Crippen molar-refractivity contribution in [3.8, 4) is 0 Å². The van der Waals surface area contributed by atoms with Crippen LogP contribution in [0.25, 0.3) is 0 Å². The van der Waals surface area contributed by atoms with Crippen LogP contribution in [0.4, 0.5) is 0 Å². The predicted molar refractivity (Wildman–Crippen MR) is 82.6 cm³/mol.